The van der Waals surface area contributed by atoms with E-state index in [0.29, 0.717) is 15.5 Å². The summed E-state index contributed by atoms with van der Waals surface area (Å²) in [6.45, 7) is 0. The van der Waals surface area contributed by atoms with Crippen molar-refractivity contribution >= 4 is 35.0 Å². The lowest BCUT2D eigenvalue weighted by atomic mass is 9.92. The average Bonchev–Trinajstić information content (AvgIpc) is 2.78. The van der Waals surface area contributed by atoms with E-state index < -0.39 is 29.5 Å². The first-order valence-corrected chi connectivity index (χ1v) is 7.46. The smallest absolute Gasteiger partial charge is 0.326 e. The Hall–Kier alpha value is -2.73. The van der Waals surface area contributed by atoms with Gasteiger partial charge in [0, 0.05) is 11.4 Å². The fourth-order valence-corrected chi connectivity index (χ4v) is 3.04. The lowest BCUT2D eigenvalue weighted by molar-refractivity contribution is -0.127. The van der Waals surface area contributed by atoms with Gasteiger partial charge in [0.25, 0.3) is 0 Å². The van der Waals surface area contributed by atoms with Crippen LogP contribution >= 0.6 is 11.6 Å². The normalized spacial score (nSPS) is 16.2. The van der Waals surface area contributed by atoms with Crippen LogP contribution < -0.4 is 10.6 Å². The Kier molecular flexibility index (Phi) is 4.07. The summed E-state index contributed by atoms with van der Waals surface area (Å²) in [5.41, 5.74) is 6.12. The van der Waals surface area contributed by atoms with Gasteiger partial charge in [0.05, 0.1) is 5.69 Å². The second-order valence-electron chi connectivity index (χ2n) is 5.42. The van der Waals surface area contributed by atoms with Gasteiger partial charge < -0.3 is 5.73 Å². The number of carbonyl (C=O) groups is 3. The highest BCUT2D eigenvalue weighted by Crippen LogP contribution is 2.38. The number of ketones is 1. The van der Waals surface area contributed by atoms with Gasteiger partial charge >= 0.3 is 6.03 Å². The van der Waals surface area contributed by atoms with Gasteiger partial charge in [-0.1, -0.05) is 23.7 Å². The number of halogens is 2. The van der Waals surface area contributed by atoms with E-state index in [1.807, 2.05) is 0 Å². The van der Waals surface area contributed by atoms with E-state index >= 15 is 0 Å². The molecule has 0 spiro atoms. The fourth-order valence-electron chi connectivity index (χ4n) is 2.83. The lowest BCUT2D eigenvalue weighted by Gasteiger charge is -2.12. The third-order valence-corrected chi connectivity index (χ3v) is 4.05. The number of hydrogen-bond acceptors (Lipinski definition) is 3. The fraction of sp³-hybridized carbons (Fsp3) is 0.118. The van der Waals surface area contributed by atoms with Crippen molar-refractivity contribution < 1.29 is 18.8 Å². The molecule has 0 saturated carbocycles. The molecule has 24 heavy (non-hydrogen) atoms. The van der Waals surface area contributed by atoms with Crippen LogP contribution in [0.15, 0.2) is 42.5 Å². The molecule has 7 heteroatoms. The van der Waals surface area contributed by atoms with Gasteiger partial charge in [0.1, 0.15) is 11.7 Å². The van der Waals surface area contributed by atoms with Crippen LogP contribution in [0, 0.1) is 5.82 Å². The molecule has 1 aliphatic heterocycles. The summed E-state index contributed by atoms with van der Waals surface area (Å²) in [5, 5.41) is 0.461. The lowest BCUT2D eigenvalue weighted by Crippen LogP contribution is -2.40. The second kappa shape index (κ2) is 6.05. The number of imide groups is 1. The van der Waals surface area contributed by atoms with Gasteiger partial charge in [-0.15, -0.1) is 0 Å². The highest BCUT2D eigenvalue weighted by atomic mass is 35.5. The molecule has 2 aromatic rings. The molecular weight excluding hydrogens is 335 g/mol. The van der Waals surface area contributed by atoms with Crippen molar-refractivity contribution in [3.63, 3.8) is 0 Å². The van der Waals surface area contributed by atoms with Gasteiger partial charge in [-0.05, 0) is 41.5 Å². The molecule has 1 atom stereocenters. The van der Waals surface area contributed by atoms with Crippen LogP contribution in [0.3, 0.4) is 0 Å². The summed E-state index contributed by atoms with van der Waals surface area (Å²) in [6, 6.07) is 9.09. The average molecular weight is 347 g/mol. The zero-order valence-electron chi connectivity index (χ0n) is 12.3. The number of fused-ring (bicyclic) bond motifs is 1. The van der Waals surface area contributed by atoms with Crippen LogP contribution in [0.25, 0.3) is 0 Å². The van der Waals surface area contributed by atoms with Gasteiger partial charge in [0.2, 0.25) is 5.91 Å². The monoisotopic (exact) mass is 346 g/mol. The topological polar surface area (TPSA) is 80.5 Å². The minimum atomic E-state index is -1.26. The molecule has 2 N–H and O–H groups in total. The van der Waals surface area contributed by atoms with Crippen LogP contribution in [0.4, 0.5) is 14.9 Å². The maximum atomic E-state index is 13.6. The summed E-state index contributed by atoms with van der Waals surface area (Å²) in [4.78, 5) is 37.3. The van der Waals surface area contributed by atoms with E-state index in [-0.39, 0.29) is 17.7 Å². The van der Waals surface area contributed by atoms with Crippen molar-refractivity contribution in [1.29, 1.82) is 0 Å². The number of nitrogens with zero attached hydrogens (tertiary/aromatic N) is 1. The van der Waals surface area contributed by atoms with Crippen LogP contribution in [0.5, 0.6) is 0 Å². The number of benzene rings is 2. The Bertz CT molecular complexity index is 869. The number of nitrogens with two attached hydrogens (primary N) is 1. The van der Waals surface area contributed by atoms with E-state index in [4.69, 9.17) is 17.3 Å². The summed E-state index contributed by atoms with van der Waals surface area (Å²) in [6.07, 6.45) is -0.0699. The second-order valence-corrected chi connectivity index (χ2v) is 5.86. The van der Waals surface area contributed by atoms with Crippen molar-refractivity contribution in [3.05, 3.63) is 64.4 Å². The number of carbonyl (C=O) groups excluding carboxylic acids is 3. The summed E-state index contributed by atoms with van der Waals surface area (Å²) in [5.74, 6) is -3.09. The first-order valence-electron chi connectivity index (χ1n) is 7.08. The molecule has 1 aliphatic rings. The molecule has 1 heterocycles. The highest BCUT2D eigenvalue weighted by molar-refractivity contribution is 6.30. The third kappa shape index (κ3) is 2.76. The highest BCUT2D eigenvalue weighted by Gasteiger charge is 2.43. The Morgan fingerprint density at radius 3 is 2.62 bits per heavy atom. The number of primary amides is 1. The number of Topliss-reactive ketones (excluding diaryl/α,β-unsaturated/α-hetero) is 1. The first kappa shape index (κ1) is 16.1. The zero-order valence-corrected chi connectivity index (χ0v) is 13.1. The van der Waals surface area contributed by atoms with Crippen molar-refractivity contribution in [2.24, 2.45) is 5.73 Å². The maximum Gasteiger partial charge on any atom is 0.326 e. The summed E-state index contributed by atoms with van der Waals surface area (Å²) in [7, 11) is 0. The van der Waals surface area contributed by atoms with Crippen LogP contribution in [-0.2, 0) is 16.0 Å². The predicted molar refractivity (Wildman–Crippen MR) is 86.4 cm³/mol. The molecule has 0 bridgehead atoms. The van der Waals surface area contributed by atoms with E-state index in [1.165, 1.54) is 6.07 Å². The molecular formula is C17H12ClFN2O3. The number of hydrogen-bond donors (Lipinski definition) is 1. The van der Waals surface area contributed by atoms with Crippen LogP contribution in [0.1, 0.15) is 17.0 Å². The largest absolute Gasteiger partial charge is 0.351 e. The Morgan fingerprint density at radius 1 is 1.21 bits per heavy atom. The summed E-state index contributed by atoms with van der Waals surface area (Å²) < 4.78 is 13.6. The maximum absolute atomic E-state index is 13.6. The van der Waals surface area contributed by atoms with Crippen molar-refractivity contribution in [3.8, 4) is 0 Å². The SMILES string of the molecule is NC(=O)N1C(=O)C(C(=O)Cc2cccc(Cl)c2)c2cc(F)ccc21. The van der Waals surface area contributed by atoms with E-state index in [1.54, 1.807) is 24.3 Å². The minimum Gasteiger partial charge on any atom is -0.351 e. The molecule has 0 radical (unpaired) electrons. The Balaban J connectivity index is 1.98. The molecule has 0 fully saturated rings. The molecule has 2 aromatic carbocycles. The zero-order chi connectivity index (χ0) is 17.4. The minimum absolute atomic E-state index is 0.0699. The molecule has 122 valence electrons. The predicted octanol–water partition coefficient (Wildman–Crippen LogP) is 2.80. The number of urea groups is 1. The number of anilines is 1. The summed E-state index contributed by atoms with van der Waals surface area (Å²) >= 11 is 5.89. The third-order valence-electron chi connectivity index (χ3n) is 3.82. The van der Waals surface area contributed by atoms with E-state index in [0.717, 1.165) is 12.1 Å². The first-order chi connectivity index (χ1) is 11.4. The van der Waals surface area contributed by atoms with Crippen molar-refractivity contribution in [2.75, 3.05) is 4.90 Å². The van der Waals surface area contributed by atoms with E-state index in [9.17, 15) is 18.8 Å². The number of amides is 3. The van der Waals surface area contributed by atoms with Gasteiger partial charge in [-0.3, -0.25) is 9.59 Å². The van der Waals surface area contributed by atoms with Crippen molar-refractivity contribution in [1.82, 2.24) is 0 Å². The molecule has 5 nitrogen and oxygen atoms in total. The standard InChI is InChI=1S/C17H12ClFN2O3/c18-10-3-1-2-9(6-10)7-14(22)15-12-8-11(19)4-5-13(12)21(16(15)23)17(20)24/h1-6,8,15H,7H2,(H2,20,24). The quantitative estimate of drug-likeness (QED) is 0.868. The molecule has 0 aliphatic carbocycles. The molecule has 0 aromatic heterocycles. The molecule has 3 amide bonds. The Morgan fingerprint density at radius 2 is 1.96 bits per heavy atom. The van der Waals surface area contributed by atoms with Crippen molar-refractivity contribution in [2.45, 2.75) is 12.3 Å². The molecule has 1 unspecified atom stereocenters. The number of rotatable bonds is 3. The van der Waals surface area contributed by atoms with Gasteiger partial charge in [0.15, 0.2) is 5.78 Å². The van der Waals surface area contributed by atoms with E-state index in [2.05, 4.69) is 0 Å². The van der Waals surface area contributed by atoms with Crippen LogP contribution in [-0.4, -0.2) is 17.7 Å². The van der Waals surface area contributed by atoms with Gasteiger partial charge in [-0.25, -0.2) is 14.1 Å². The molecule has 3 rings (SSSR count). The molecule has 0 saturated heterocycles. The van der Waals surface area contributed by atoms with Crippen LogP contribution in [0.2, 0.25) is 5.02 Å². The van der Waals surface area contributed by atoms with Gasteiger partial charge in [-0.2, -0.15) is 0 Å². The Labute approximate surface area is 141 Å².